The van der Waals surface area contributed by atoms with Crippen molar-refractivity contribution in [2.45, 2.75) is 6.92 Å². The van der Waals surface area contributed by atoms with E-state index in [4.69, 9.17) is 9.47 Å². The molecular formula is C24H18N2O6Y-4. The Morgan fingerprint density at radius 2 is 1.09 bits per heavy atom. The van der Waals surface area contributed by atoms with Gasteiger partial charge >= 0.3 is 0 Å². The fourth-order valence-corrected chi connectivity index (χ4v) is 2.38. The summed E-state index contributed by atoms with van der Waals surface area (Å²) in [5, 5.41) is 0. The van der Waals surface area contributed by atoms with Gasteiger partial charge in [-0.2, -0.15) is 18.5 Å². The van der Waals surface area contributed by atoms with Crippen LogP contribution in [0, 0.1) is 6.92 Å². The van der Waals surface area contributed by atoms with Crippen LogP contribution in [-0.4, -0.2) is 37.6 Å². The first-order valence-electron chi connectivity index (χ1n) is 9.16. The SMILES string of the molecule is CN([C-]=O)[C-]=O.Cc1cccc(Oc2cccc(Oc3cccc(N([C-]=O)[C-]=O)c3)c2)c1.[Y]. The van der Waals surface area contributed by atoms with E-state index in [0.717, 1.165) is 11.3 Å². The number of carbonyl (C=O) groups excluding carboxylic acids is 4. The van der Waals surface area contributed by atoms with Gasteiger partial charge in [0.05, 0.1) is 0 Å². The molecule has 0 aliphatic rings. The topological polar surface area (TPSA) is 93.2 Å². The Morgan fingerprint density at radius 3 is 1.55 bits per heavy atom. The third-order valence-electron chi connectivity index (χ3n) is 3.80. The number of nitrogens with zero attached hydrogens (tertiary/aromatic N) is 2. The van der Waals surface area contributed by atoms with Crippen molar-refractivity contribution in [1.29, 1.82) is 0 Å². The average Bonchev–Trinajstić information content (AvgIpc) is 2.80. The summed E-state index contributed by atoms with van der Waals surface area (Å²) in [6.07, 6.45) is 5.52. The summed E-state index contributed by atoms with van der Waals surface area (Å²) in [5.41, 5.74) is 1.43. The van der Waals surface area contributed by atoms with Crippen molar-refractivity contribution >= 4 is 31.3 Å². The molecule has 0 bridgehead atoms. The van der Waals surface area contributed by atoms with Gasteiger partial charge in [0.15, 0.2) is 0 Å². The van der Waals surface area contributed by atoms with Crippen LogP contribution in [0.25, 0.3) is 0 Å². The van der Waals surface area contributed by atoms with Crippen molar-refractivity contribution in [3.8, 4) is 23.0 Å². The molecule has 1 radical (unpaired) electrons. The largest absolute Gasteiger partial charge is 0.639 e. The van der Waals surface area contributed by atoms with Crippen molar-refractivity contribution in [1.82, 2.24) is 4.90 Å². The summed E-state index contributed by atoms with van der Waals surface area (Å²) in [5.74, 6) is 2.39. The molecule has 4 amide bonds. The van der Waals surface area contributed by atoms with E-state index in [2.05, 4.69) is 0 Å². The van der Waals surface area contributed by atoms with Crippen molar-refractivity contribution in [2.75, 3.05) is 11.9 Å². The molecule has 0 aliphatic carbocycles. The maximum absolute atomic E-state index is 10.7. The number of aryl methyl sites for hydroxylation is 1. The molecule has 0 unspecified atom stereocenters. The molecule has 0 atom stereocenters. The summed E-state index contributed by atoms with van der Waals surface area (Å²) in [4.78, 5) is 41.3. The second-order valence-corrected chi connectivity index (χ2v) is 6.25. The summed E-state index contributed by atoms with van der Waals surface area (Å²) >= 11 is 0. The predicted molar refractivity (Wildman–Crippen MR) is 117 cm³/mol. The number of rotatable bonds is 9. The van der Waals surface area contributed by atoms with Crippen molar-refractivity contribution in [3.63, 3.8) is 0 Å². The van der Waals surface area contributed by atoms with Gasteiger partial charge in [-0.15, -0.1) is 12.1 Å². The summed E-state index contributed by atoms with van der Waals surface area (Å²) in [7, 11) is 1.26. The molecule has 9 heteroatoms. The molecule has 8 nitrogen and oxygen atoms in total. The zero-order valence-corrected chi connectivity index (χ0v) is 20.7. The van der Waals surface area contributed by atoms with E-state index in [1.807, 2.05) is 43.3 Å². The smallest absolute Gasteiger partial charge is 0.131 e. The minimum Gasteiger partial charge on any atom is -0.639 e. The Morgan fingerprint density at radius 1 is 0.636 bits per heavy atom. The molecular weight excluding hydrogens is 501 g/mol. The number of anilines is 1. The Balaban J connectivity index is 0.000000691. The third-order valence-corrected chi connectivity index (χ3v) is 3.80. The number of hydrogen-bond acceptors (Lipinski definition) is 6. The summed E-state index contributed by atoms with van der Waals surface area (Å²) in [6, 6.07) is 21.4. The van der Waals surface area contributed by atoms with E-state index in [1.165, 1.54) is 32.7 Å². The molecule has 0 aromatic heterocycles. The summed E-state index contributed by atoms with van der Waals surface area (Å²) < 4.78 is 11.6. The van der Waals surface area contributed by atoms with E-state index in [-0.39, 0.29) is 32.7 Å². The van der Waals surface area contributed by atoms with Crippen molar-refractivity contribution < 1.29 is 61.4 Å². The summed E-state index contributed by atoms with van der Waals surface area (Å²) in [6.45, 7) is 2.00. The molecule has 3 aromatic carbocycles. The first kappa shape index (κ1) is 27.7. The standard InChI is InChI=1S/C21H15NO4.C3H3NO2.Y/c1-16-5-2-7-18(11-16)25-20-9-4-10-21(13-20)26-19-8-3-6-17(12-19)22(14-23)15-24;1-4(2-5)3-6;/h2-13H,1H3;1H3;/q2*-2;. The molecule has 167 valence electrons. The van der Waals surface area contributed by atoms with Crippen LogP contribution in [0.3, 0.4) is 0 Å². The van der Waals surface area contributed by atoms with Gasteiger partial charge in [-0.25, -0.2) is 0 Å². The fourth-order valence-electron chi connectivity index (χ4n) is 2.38. The molecule has 3 rings (SSSR count). The van der Waals surface area contributed by atoms with Gasteiger partial charge in [0.25, 0.3) is 0 Å². The van der Waals surface area contributed by atoms with Crippen molar-refractivity contribution in [2.24, 2.45) is 0 Å². The Bertz CT molecular complexity index is 1060. The van der Waals surface area contributed by atoms with Gasteiger partial charge in [0.1, 0.15) is 23.0 Å². The predicted octanol–water partition coefficient (Wildman–Crippen LogP) is 3.57. The maximum atomic E-state index is 10.7. The average molecular weight is 519 g/mol. The molecule has 0 saturated heterocycles. The van der Waals surface area contributed by atoms with Crippen LogP contribution in [0.15, 0.2) is 72.8 Å². The van der Waals surface area contributed by atoms with Crippen LogP contribution in [0.4, 0.5) is 5.69 Å². The van der Waals surface area contributed by atoms with Crippen LogP contribution in [-0.2, 0) is 51.9 Å². The number of hydrogen-bond donors (Lipinski definition) is 0. The van der Waals surface area contributed by atoms with Gasteiger partial charge in [-0.1, -0.05) is 24.3 Å². The van der Waals surface area contributed by atoms with Crippen LogP contribution >= 0.6 is 0 Å². The normalized spacial score (nSPS) is 9.15. The second kappa shape index (κ2) is 14.7. The maximum Gasteiger partial charge on any atom is 0.131 e. The van der Waals surface area contributed by atoms with Crippen molar-refractivity contribution in [3.05, 3.63) is 78.4 Å². The van der Waals surface area contributed by atoms with Crippen LogP contribution in [0.1, 0.15) is 5.56 Å². The quantitative estimate of drug-likeness (QED) is 0.317. The van der Waals surface area contributed by atoms with Crippen LogP contribution in [0.5, 0.6) is 23.0 Å². The zero-order chi connectivity index (χ0) is 23.3. The molecule has 0 aliphatic heterocycles. The molecule has 0 N–H and O–H groups in total. The fraction of sp³-hybridized carbons (Fsp3) is 0.0833. The number of ether oxygens (including phenoxy) is 2. The van der Waals surface area contributed by atoms with Gasteiger partial charge < -0.3 is 38.5 Å². The Labute approximate surface area is 217 Å². The molecule has 0 saturated carbocycles. The van der Waals surface area contributed by atoms with Crippen LogP contribution < -0.4 is 14.4 Å². The minimum atomic E-state index is 0. The number of benzene rings is 3. The molecule has 33 heavy (non-hydrogen) atoms. The monoisotopic (exact) mass is 519 g/mol. The second-order valence-electron chi connectivity index (χ2n) is 6.25. The third kappa shape index (κ3) is 9.35. The number of imide groups is 2. The molecule has 0 heterocycles. The Kier molecular flexibility index (Phi) is 12.3. The van der Waals surface area contributed by atoms with E-state index in [1.54, 1.807) is 36.4 Å². The number of amides is 4. The minimum absolute atomic E-state index is 0. The molecule has 3 aromatic rings. The van der Waals surface area contributed by atoms with E-state index in [9.17, 15) is 19.2 Å². The van der Waals surface area contributed by atoms with E-state index >= 15 is 0 Å². The van der Waals surface area contributed by atoms with E-state index < -0.39 is 0 Å². The molecule has 0 fully saturated rings. The van der Waals surface area contributed by atoms with Crippen LogP contribution in [0.2, 0.25) is 0 Å². The van der Waals surface area contributed by atoms with E-state index in [0.29, 0.717) is 32.7 Å². The molecule has 0 spiro atoms. The van der Waals surface area contributed by atoms with Gasteiger partial charge in [-0.05, 0) is 62.7 Å². The first-order valence-corrected chi connectivity index (χ1v) is 9.16. The van der Waals surface area contributed by atoms with Gasteiger partial charge in [-0.3, -0.25) is 0 Å². The van der Waals surface area contributed by atoms with Gasteiger partial charge in [0, 0.05) is 38.8 Å². The first-order chi connectivity index (χ1) is 15.5. The Hall–Kier alpha value is -3.36. The van der Waals surface area contributed by atoms with Gasteiger partial charge in [0.2, 0.25) is 0 Å². The zero-order valence-electron chi connectivity index (χ0n) is 17.8.